The first-order valence-electron chi connectivity index (χ1n) is 14.8. The van der Waals surface area contributed by atoms with Crippen LogP contribution >= 0.6 is 0 Å². The molecule has 1 aromatic carbocycles. The van der Waals surface area contributed by atoms with Crippen molar-refractivity contribution in [2.75, 3.05) is 19.6 Å². The molecule has 4 heterocycles. The lowest BCUT2D eigenvalue weighted by Crippen LogP contribution is -2.58. The van der Waals surface area contributed by atoms with Crippen molar-refractivity contribution in [1.29, 1.82) is 0 Å². The molecule has 9 nitrogen and oxygen atoms in total. The number of benzene rings is 1. The largest absolute Gasteiger partial charge is 0.487 e. The maximum Gasteiger partial charge on any atom is 0.408 e. The Balaban J connectivity index is 1.24. The highest BCUT2D eigenvalue weighted by molar-refractivity contribution is 5.91. The molecule has 0 bridgehead atoms. The molecule has 4 aliphatic heterocycles. The van der Waals surface area contributed by atoms with Gasteiger partial charge in [-0.05, 0) is 85.8 Å². The molecule has 6 atom stereocenters. The number of amides is 3. The summed E-state index contributed by atoms with van der Waals surface area (Å²) >= 11 is 0. The minimum Gasteiger partial charge on any atom is -0.487 e. The van der Waals surface area contributed by atoms with Crippen LogP contribution in [0.4, 0.5) is 4.79 Å². The fraction of sp³-hybridized carbons (Fsp3) is 0.710. The standard InChI is InChI=1S/C31H45N3O6/c1-18-10-11-21-25(15-18)39-31(6,7)22-16-20-17-33(14-12-24(20)38-26(21)22)28(36)23-9-8-13-34(23)27(35)19(2)32-29(37)40-30(3,4)5/h10-11,15,19-20,22-24,26H,8-9,12-14,16-17H2,1-7H3,(H,32,37)/t19-,20-,22+,23+,24+,26-/m1/s1. The van der Waals surface area contributed by atoms with Gasteiger partial charge < -0.3 is 29.3 Å². The molecule has 0 spiro atoms. The number of nitrogens with one attached hydrogen (secondary N) is 1. The molecule has 0 aromatic heterocycles. The molecule has 1 aromatic rings. The number of nitrogens with zero attached hydrogens (tertiary/aromatic N) is 2. The molecule has 0 aliphatic carbocycles. The van der Waals surface area contributed by atoms with Gasteiger partial charge in [0.05, 0.1) is 12.2 Å². The Kier molecular flexibility index (Phi) is 7.57. The van der Waals surface area contributed by atoms with E-state index in [0.29, 0.717) is 26.1 Å². The molecule has 1 N–H and O–H groups in total. The Bertz CT molecular complexity index is 1160. The third kappa shape index (κ3) is 5.67. The third-order valence-corrected chi connectivity index (χ3v) is 8.89. The molecule has 3 fully saturated rings. The van der Waals surface area contributed by atoms with Crippen LogP contribution < -0.4 is 10.1 Å². The van der Waals surface area contributed by atoms with E-state index in [9.17, 15) is 14.4 Å². The van der Waals surface area contributed by atoms with Crippen LogP contribution in [0.5, 0.6) is 5.75 Å². The van der Waals surface area contributed by atoms with Crippen molar-refractivity contribution in [3.8, 4) is 5.75 Å². The second-order valence-corrected chi connectivity index (χ2v) is 13.6. The number of rotatable bonds is 3. The number of likely N-dealkylation sites (tertiary alicyclic amines) is 2. The normalized spacial score (nSPS) is 29.8. The number of aryl methyl sites for hydroxylation is 1. The van der Waals surface area contributed by atoms with E-state index in [0.717, 1.165) is 30.6 Å². The highest BCUT2D eigenvalue weighted by Crippen LogP contribution is 2.53. The van der Waals surface area contributed by atoms with Crippen LogP contribution in [0.15, 0.2) is 18.2 Å². The fourth-order valence-corrected chi connectivity index (χ4v) is 6.90. The molecule has 9 heteroatoms. The number of fused-ring (bicyclic) bond motifs is 4. The first-order valence-corrected chi connectivity index (χ1v) is 14.8. The quantitative estimate of drug-likeness (QED) is 0.595. The Labute approximate surface area is 237 Å². The predicted octanol–water partition coefficient (Wildman–Crippen LogP) is 4.36. The van der Waals surface area contributed by atoms with E-state index in [4.69, 9.17) is 14.2 Å². The van der Waals surface area contributed by atoms with E-state index in [1.807, 2.05) is 4.90 Å². The summed E-state index contributed by atoms with van der Waals surface area (Å²) in [5, 5.41) is 2.63. The van der Waals surface area contributed by atoms with Crippen LogP contribution in [-0.2, 0) is 19.1 Å². The maximum absolute atomic E-state index is 13.8. The first-order chi connectivity index (χ1) is 18.7. The molecule has 3 amide bonds. The SMILES string of the molecule is Cc1ccc2c(c1)OC(C)(C)[C@H]1C[C@@H]3CN(C(=O)[C@@H]4CCCN4C(=O)[C@@H](C)NC(=O)OC(C)(C)C)CC[C@@H]3O[C@H]21. The number of piperidine rings is 1. The van der Waals surface area contributed by atoms with Gasteiger partial charge in [-0.2, -0.15) is 0 Å². The highest BCUT2D eigenvalue weighted by Gasteiger charge is 2.52. The van der Waals surface area contributed by atoms with E-state index in [-0.39, 0.29) is 41.5 Å². The second kappa shape index (κ2) is 10.5. The average molecular weight is 556 g/mol. The Morgan fingerprint density at radius 3 is 2.62 bits per heavy atom. The van der Waals surface area contributed by atoms with Crippen LogP contribution in [0.2, 0.25) is 0 Å². The van der Waals surface area contributed by atoms with Gasteiger partial charge in [0, 0.05) is 37.0 Å². The van der Waals surface area contributed by atoms with Crippen molar-refractivity contribution in [1.82, 2.24) is 15.1 Å². The number of carbonyl (C=O) groups excluding carboxylic acids is 3. The minimum absolute atomic E-state index is 0.00383. The average Bonchev–Trinajstić information content (AvgIpc) is 3.35. The molecular weight excluding hydrogens is 510 g/mol. The van der Waals surface area contributed by atoms with E-state index < -0.39 is 23.8 Å². The topological polar surface area (TPSA) is 97.4 Å². The van der Waals surface area contributed by atoms with Gasteiger partial charge in [-0.1, -0.05) is 12.1 Å². The lowest BCUT2D eigenvalue weighted by atomic mass is 9.70. The Hall–Kier alpha value is -2.81. The summed E-state index contributed by atoms with van der Waals surface area (Å²) in [6.45, 7) is 15.1. The summed E-state index contributed by atoms with van der Waals surface area (Å²) in [4.78, 5) is 42.8. The summed E-state index contributed by atoms with van der Waals surface area (Å²) in [7, 11) is 0. The minimum atomic E-state index is -0.780. The molecule has 5 rings (SSSR count). The Morgan fingerprint density at radius 2 is 1.90 bits per heavy atom. The Morgan fingerprint density at radius 1 is 1.15 bits per heavy atom. The molecule has 0 saturated carbocycles. The predicted molar refractivity (Wildman–Crippen MR) is 150 cm³/mol. The molecular formula is C31H45N3O6. The van der Waals surface area contributed by atoms with Crippen molar-refractivity contribution in [2.24, 2.45) is 11.8 Å². The summed E-state index contributed by atoms with van der Waals surface area (Å²) in [5.74, 6) is 1.06. The number of carbonyl (C=O) groups is 3. The molecule has 0 radical (unpaired) electrons. The summed E-state index contributed by atoms with van der Waals surface area (Å²) in [6, 6.07) is 5.07. The number of alkyl carbamates (subject to hydrolysis) is 1. The first kappa shape index (κ1) is 28.7. The molecule has 0 unspecified atom stereocenters. The lowest BCUT2D eigenvalue weighted by Gasteiger charge is -2.53. The second-order valence-electron chi connectivity index (χ2n) is 13.6. The van der Waals surface area contributed by atoms with Crippen LogP contribution in [0.25, 0.3) is 0 Å². The molecule has 220 valence electrons. The van der Waals surface area contributed by atoms with Gasteiger partial charge in [0.2, 0.25) is 11.8 Å². The zero-order valence-corrected chi connectivity index (χ0v) is 25.0. The fourth-order valence-electron chi connectivity index (χ4n) is 6.90. The van der Waals surface area contributed by atoms with E-state index in [1.165, 1.54) is 5.56 Å². The van der Waals surface area contributed by atoms with Gasteiger partial charge in [-0.25, -0.2) is 4.79 Å². The maximum atomic E-state index is 13.8. The number of ether oxygens (including phenoxy) is 3. The monoisotopic (exact) mass is 555 g/mol. The smallest absolute Gasteiger partial charge is 0.408 e. The van der Waals surface area contributed by atoms with Crippen molar-refractivity contribution < 1.29 is 28.6 Å². The van der Waals surface area contributed by atoms with Crippen molar-refractivity contribution in [2.45, 2.75) is 110 Å². The summed E-state index contributed by atoms with van der Waals surface area (Å²) < 4.78 is 18.6. The van der Waals surface area contributed by atoms with Crippen LogP contribution in [0.3, 0.4) is 0 Å². The van der Waals surface area contributed by atoms with Crippen LogP contribution in [0.1, 0.15) is 84.5 Å². The van der Waals surface area contributed by atoms with Crippen LogP contribution in [0, 0.1) is 18.8 Å². The van der Waals surface area contributed by atoms with Gasteiger partial charge in [-0.15, -0.1) is 0 Å². The van der Waals surface area contributed by atoms with Crippen LogP contribution in [-0.4, -0.2) is 76.7 Å². The van der Waals surface area contributed by atoms with Gasteiger partial charge in [0.1, 0.15) is 29.0 Å². The van der Waals surface area contributed by atoms with E-state index in [2.05, 4.69) is 44.3 Å². The number of hydrogen-bond donors (Lipinski definition) is 1. The van der Waals surface area contributed by atoms with Crippen molar-refractivity contribution in [3.05, 3.63) is 29.3 Å². The number of hydrogen-bond acceptors (Lipinski definition) is 6. The molecule has 40 heavy (non-hydrogen) atoms. The van der Waals surface area contributed by atoms with Crippen molar-refractivity contribution >= 4 is 17.9 Å². The van der Waals surface area contributed by atoms with E-state index in [1.54, 1.807) is 32.6 Å². The third-order valence-electron chi connectivity index (χ3n) is 8.89. The van der Waals surface area contributed by atoms with Gasteiger partial charge in [0.15, 0.2) is 0 Å². The van der Waals surface area contributed by atoms with Crippen molar-refractivity contribution in [3.63, 3.8) is 0 Å². The summed E-state index contributed by atoms with van der Waals surface area (Å²) in [5.41, 5.74) is 1.26. The lowest BCUT2D eigenvalue weighted by molar-refractivity contribution is -0.189. The summed E-state index contributed by atoms with van der Waals surface area (Å²) in [6.07, 6.45) is 2.53. The zero-order chi connectivity index (χ0) is 29.0. The van der Waals surface area contributed by atoms with Gasteiger partial charge in [0.25, 0.3) is 0 Å². The highest BCUT2D eigenvalue weighted by atomic mass is 16.6. The zero-order valence-electron chi connectivity index (χ0n) is 25.0. The molecule has 4 aliphatic rings. The van der Waals surface area contributed by atoms with E-state index >= 15 is 0 Å². The van der Waals surface area contributed by atoms with Gasteiger partial charge in [-0.3, -0.25) is 9.59 Å². The van der Waals surface area contributed by atoms with Gasteiger partial charge >= 0.3 is 6.09 Å². The molecule has 3 saturated heterocycles.